The largest absolute Gasteiger partial charge is 0.369 e. The molecule has 3 aromatic rings. The number of fused-ring (bicyclic) bond motifs is 1. The Hall–Kier alpha value is -1.88. The topological polar surface area (TPSA) is 67.6 Å². The van der Waals surface area contributed by atoms with Gasteiger partial charge in [-0.1, -0.05) is 12.1 Å². The lowest BCUT2D eigenvalue weighted by molar-refractivity contribution is 0.918. The highest BCUT2D eigenvalue weighted by atomic mass is 32.1. The second-order valence-electron chi connectivity index (χ2n) is 3.87. The third-order valence-corrected chi connectivity index (χ3v) is 3.69. The molecule has 86 valence electrons. The fourth-order valence-electron chi connectivity index (χ4n) is 1.77. The molecule has 4 nitrogen and oxygen atoms in total. The standard InChI is InChI=1S/C12H12N4S/c13-12-14-7-8(15-12)5-6-11-16-9-3-1-2-4-10(9)17-11/h1-4,7H,5-6H2,(H3,13,14,15). The van der Waals surface area contributed by atoms with Crippen LogP contribution in [0.2, 0.25) is 0 Å². The Bertz CT molecular complexity index is 608. The van der Waals surface area contributed by atoms with E-state index in [0.717, 1.165) is 29.1 Å². The molecule has 0 saturated heterocycles. The van der Waals surface area contributed by atoms with Crippen LogP contribution in [0.15, 0.2) is 30.5 Å². The first-order valence-electron chi connectivity index (χ1n) is 5.45. The number of nitrogens with zero attached hydrogens (tertiary/aromatic N) is 2. The summed E-state index contributed by atoms with van der Waals surface area (Å²) >= 11 is 1.75. The number of anilines is 1. The second kappa shape index (κ2) is 4.18. The van der Waals surface area contributed by atoms with E-state index < -0.39 is 0 Å². The summed E-state index contributed by atoms with van der Waals surface area (Å²) in [7, 11) is 0. The Labute approximate surface area is 103 Å². The maximum Gasteiger partial charge on any atom is 0.197 e. The number of thiazole rings is 1. The average molecular weight is 244 g/mol. The molecule has 0 aliphatic rings. The highest BCUT2D eigenvalue weighted by Gasteiger charge is 2.04. The van der Waals surface area contributed by atoms with Crippen LogP contribution < -0.4 is 5.73 Å². The number of hydrogen-bond acceptors (Lipinski definition) is 4. The zero-order chi connectivity index (χ0) is 11.7. The van der Waals surface area contributed by atoms with E-state index in [4.69, 9.17) is 5.73 Å². The first-order chi connectivity index (χ1) is 8.31. The number of H-pyrrole nitrogens is 1. The van der Waals surface area contributed by atoms with E-state index in [1.54, 1.807) is 17.5 Å². The fourth-order valence-corrected chi connectivity index (χ4v) is 2.74. The number of rotatable bonds is 3. The number of nitrogens with one attached hydrogen (secondary N) is 1. The van der Waals surface area contributed by atoms with Gasteiger partial charge >= 0.3 is 0 Å². The molecule has 0 aliphatic carbocycles. The van der Waals surface area contributed by atoms with Gasteiger partial charge in [-0.15, -0.1) is 11.3 Å². The summed E-state index contributed by atoms with van der Waals surface area (Å²) in [5.41, 5.74) is 7.67. The van der Waals surface area contributed by atoms with E-state index in [-0.39, 0.29) is 0 Å². The van der Waals surface area contributed by atoms with Gasteiger partial charge in [0.2, 0.25) is 0 Å². The molecule has 0 saturated carbocycles. The zero-order valence-corrected chi connectivity index (χ0v) is 10.00. The normalized spacial score (nSPS) is 11.1. The summed E-state index contributed by atoms with van der Waals surface area (Å²) < 4.78 is 1.24. The SMILES string of the molecule is Nc1ncc(CCc2nc3ccccc3s2)[nH]1. The van der Waals surface area contributed by atoms with Gasteiger partial charge in [-0.2, -0.15) is 0 Å². The van der Waals surface area contributed by atoms with Gasteiger partial charge in [0.1, 0.15) is 0 Å². The average Bonchev–Trinajstić information content (AvgIpc) is 2.91. The minimum atomic E-state index is 0.476. The van der Waals surface area contributed by atoms with E-state index in [2.05, 4.69) is 21.0 Å². The maximum atomic E-state index is 5.53. The van der Waals surface area contributed by atoms with Gasteiger partial charge in [0.15, 0.2) is 5.95 Å². The van der Waals surface area contributed by atoms with Crippen molar-refractivity contribution in [3.8, 4) is 0 Å². The Morgan fingerprint density at radius 1 is 1.24 bits per heavy atom. The predicted molar refractivity (Wildman–Crippen MR) is 70.0 cm³/mol. The first kappa shape index (κ1) is 10.3. The number of benzene rings is 1. The molecule has 0 radical (unpaired) electrons. The Morgan fingerprint density at radius 3 is 2.88 bits per heavy atom. The van der Waals surface area contributed by atoms with Crippen molar-refractivity contribution in [3.63, 3.8) is 0 Å². The smallest absolute Gasteiger partial charge is 0.197 e. The predicted octanol–water partition coefficient (Wildman–Crippen LogP) is 2.39. The van der Waals surface area contributed by atoms with Crippen LogP contribution in [0.4, 0.5) is 5.95 Å². The minimum Gasteiger partial charge on any atom is -0.369 e. The molecule has 5 heteroatoms. The fraction of sp³-hybridized carbons (Fsp3) is 0.167. The molecule has 0 bridgehead atoms. The van der Waals surface area contributed by atoms with E-state index >= 15 is 0 Å². The van der Waals surface area contributed by atoms with Crippen LogP contribution in [-0.4, -0.2) is 15.0 Å². The van der Waals surface area contributed by atoms with Crippen molar-refractivity contribution in [2.75, 3.05) is 5.73 Å². The lowest BCUT2D eigenvalue weighted by Gasteiger charge is -1.93. The summed E-state index contributed by atoms with van der Waals surface area (Å²) in [6, 6.07) is 8.20. The van der Waals surface area contributed by atoms with Crippen molar-refractivity contribution in [1.82, 2.24) is 15.0 Å². The summed E-state index contributed by atoms with van der Waals surface area (Å²) in [6.07, 6.45) is 3.59. The molecule has 0 aliphatic heterocycles. The van der Waals surface area contributed by atoms with Gasteiger partial charge < -0.3 is 10.7 Å². The molecular formula is C12H12N4S. The van der Waals surface area contributed by atoms with Gasteiger partial charge in [-0.05, 0) is 18.6 Å². The minimum absolute atomic E-state index is 0.476. The number of aromatic amines is 1. The van der Waals surface area contributed by atoms with Gasteiger partial charge in [0.05, 0.1) is 21.4 Å². The summed E-state index contributed by atoms with van der Waals surface area (Å²) in [5.74, 6) is 0.476. The van der Waals surface area contributed by atoms with Crippen molar-refractivity contribution >= 4 is 27.5 Å². The highest BCUT2D eigenvalue weighted by molar-refractivity contribution is 7.18. The Balaban J connectivity index is 1.76. The van der Waals surface area contributed by atoms with Crippen LogP contribution in [0.1, 0.15) is 10.7 Å². The lowest BCUT2D eigenvalue weighted by Crippen LogP contribution is -1.91. The molecular weight excluding hydrogens is 232 g/mol. The molecule has 0 unspecified atom stereocenters. The molecule has 0 spiro atoms. The highest BCUT2D eigenvalue weighted by Crippen LogP contribution is 2.22. The monoisotopic (exact) mass is 244 g/mol. The first-order valence-corrected chi connectivity index (χ1v) is 6.27. The maximum absolute atomic E-state index is 5.53. The Kier molecular flexibility index (Phi) is 2.53. The summed E-state index contributed by atoms with van der Waals surface area (Å²) in [4.78, 5) is 11.6. The number of para-hydroxylation sites is 1. The van der Waals surface area contributed by atoms with Crippen molar-refractivity contribution in [1.29, 1.82) is 0 Å². The molecule has 0 atom stereocenters. The number of aryl methyl sites for hydroxylation is 2. The number of nitrogens with two attached hydrogens (primary N) is 1. The molecule has 2 heterocycles. The summed E-state index contributed by atoms with van der Waals surface area (Å²) in [6.45, 7) is 0. The molecule has 0 amide bonds. The van der Waals surface area contributed by atoms with Gasteiger partial charge in [0, 0.05) is 12.1 Å². The van der Waals surface area contributed by atoms with Crippen LogP contribution in [0.3, 0.4) is 0 Å². The molecule has 2 aromatic heterocycles. The van der Waals surface area contributed by atoms with Crippen LogP contribution >= 0.6 is 11.3 Å². The quantitative estimate of drug-likeness (QED) is 0.743. The third kappa shape index (κ3) is 2.14. The van der Waals surface area contributed by atoms with E-state index in [0.29, 0.717) is 5.95 Å². The van der Waals surface area contributed by atoms with Gasteiger partial charge in [-0.3, -0.25) is 0 Å². The molecule has 3 rings (SSSR count). The second-order valence-corrected chi connectivity index (χ2v) is 4.98. The van der Waals surface area contributed by atoms with Crippen molar-refractivity contribution in [3.05, 3.63) is 41.2 Å². The van der Waals surface area contributed by atoms with Crippen LogP contribution in [0.5, 0.6) is 0 Å². The zero-order valence-electron chi connectivity index (χ0n) is 9.18. The number of aromatic nitrogens is 3. The van der Waals surface area contributed by atoms with E-state index in [1.807, 2.05) is 18.2 Å². The van der Waals surface area contributed by atoms with Crippen LogP contribution in [0, 0.1) is 0 Å². The van der Waals surface area contributed by atoms with Crippen molar-refractivity contribution in [2.24, 2.45) is 0 Å². The lowest BCUT2D eigenvalue weighted by atomic mass is 10.2. The molecule has 0 fully saturated rings. The van der Waals surface area contributed by atoms with E-state index in [1.165, 1.54) is 4.70 Å². The van der Waals surface area contributed by atoms with Gasteiger partial charge in [-0.25, -0.2) is 9.97 Å². The molecule has 3 N–H and O–H groups in total. The Morgan fingerprint density at radius 2 is 2.12 bits per heavy atom. The number of imidazole rings is 1. The molecule has 1 aromatic carbocycles. The molecule has 17 heavy (non-hydrogen) atoms. The van der Waals surface area contributed by atoms with Crippen molar-refractivity contribution < 1.29 is 0 Å². The van der Waals surface area contributed by atoms with E-state index in [9.17, 15) is 0 Å². The van der Waals surface area contributed by atoms with Crippen LogP contribution in [0.25, 0.3) is 10.2 Å². The number of hydrogen-bond donors (Lipinski definition) is 2. The van der Waals surface area contributed by atoms with Gasteiger partial charge in [0.25, 0.3) is 0 Å². The van der Waals surface area contributed by atoms with Crippen LogP contribution in [-0.2, 0) is 12.8 Å². The summed E-state index contributed by atoms with van der Waals surface area (Å²) in [5, 5.41) is 1.15. The number of nitrogen functional groups attached to an aromatic ring is 1. The van der Waals surface area contributed by atoms with Crippen molar-refractivity contribution in [2.45, 2.75) is 12.8 Å². The third-order valence-electron chi connectivity index (χ3n) is 2.59.